The molecule has 1 fully saturated rings. The molecule has 2 amide bonds. The molecular formula is C17H19N3O3S. The van der Waals surface area contributed by atoms with Gasteiger partial charge in [-0.2, -0.15) is 0 Å². The summed E-state index contributed by atoms with van der Waals surface area (Å²) in [4.78, 5) is 32.5. The van der Waals surface area contributed by atoms with E-state index in [1.54, 1.807) is 24.0 Å². The molecule has 0 bridgehead atoms. The first kappa shape index (κ1) is 16.4. The van der Waals surface area contributed by atoms with Gasteiger partial charge in [0.2, 0.25) is 11.8 Å². The maximum absolute atomic E-state index is 12.7. The van der Waals surface area contributed by atoms with Crippen molar-refractivity contribution in [3.8, 4) is 5.75 Å². The van der Waals surface area contributed by atoms with Gasteiger partial charge in [-0.1, -0.05) is 0 Å². The fourth-order valence-corrected chi connectivity index (χ4v) is 3.52. The molecule has 2 aromatic rings. The molecular weight excluding hydrogens is 326 g/mol. The highest BCUT2D eigenvalue weighted by Gasteiger charge is 2.37. The van der Waals surface area contributed by atoms with Crippen LogP contribution in [0.1, 0.15) is 12.1 Å². The number of benzene rings is 1. The third kappa shape index (κ3) is 3.12. The summed E-state index contributed by atoms with van der Waals surface area (Å²) < 4.78 is 5.13. The largest absolute Gasteiger partial charge is 0.497 e. The summed E-state index contributed by atoms with van der Waals surface area (Å²) in [7, 11) is 3.31. The van der Waals surface area contributed by atoms with Crippen LogP contribution in [0.15, 0.2) is 29.6 Å². The lowest BCUT2D eigenvalue weighted by molar-refractivity contribution is -0.124. The number of anilines is 2. The lowest BCUT2D eigenvalue weighted by atomic mass is 10.1. The molecule has 1 aliphatic heterocycles. The van der Waals surface area contributed by atoms with Crippen LogP contribution in [0.2, 0.25) is 0 Å². The van der Waals surface area contributed by atoms with E-state index in [2.05, 4.69) is 4.98 Å². The predicted octanol–water partition coefficient (Wildman–Crippen LogP) is 2.48. The smallest absolute Gasteiger partial charge is 0.233 e. The first-order valence-electron chi connectivity index (χ1n) is 7.63. The number of rotatable bonds is 4. The van der Waals surface area contributed by atoms with Gasteiger partial charge in [-0.15, -0.1) is 11.3 Å². The Morgan fingerprint density at radius 3 is 2.67 bits per heavy atom. The summed E-state index contributed by atoms with van der Waals surface area (Å²) in [5.74, 6) is 0.265. The monoisotopic (exact) mass is 345 g/mol. The quantitative estimate of drug-likeness (QED) is 0.854. The molecule has 0 N–H and O–H groups in total. The Balaban J connectivity index is 1.72. The van der Waals surface area contributed by atoms with Crippen molar-refractivity contribution in [3.63, 3.8) is 0 Å². The van der Waals surface area contributed by atoms with Gasteiger partial charge in [-0.25, -0.2) is 4.98 Å². The molecule has 1 aromatic carbocycles. The minimum atomic E-state index is -0.353. The van der Waals surface area contributed by atoms with E-state index >= 15 is 0 Å². The van der Waals surface area contributed by atoms with E-state index in [0.29, 0.717) is 11.7 Å². The van der Waals surface area contributed by atoms with Gasteiger partial charge in [0.05, 0.1) is 18.7 Å². The van der Waals surface area contributed by atoms with Gasteiger partial charge < -0.3 is 9.64 Å². The minimum Gasteiger partial charge on any atom is -0.497 e. The fourth-order valence-electron chi connectivity index (χ4n) is 2.75. The van der Waals surface area contributed by atoms with Crippen LogP contribution in [0, 0.1) is 12.8 Å². The second kappa shape index (κ2) is 6.60. The molecule has 6 nitrogen and oxygen atoms in total. The molecule has 1 aromatic heterocycles. The first-order valence-corrected chi connectivity index (χ1v) is 8.51. The molecule has 0 radical (unpaired) electrons. The molecule has 0 spiro atoms. The zero-order valence-corrected chi connectivity index (χ0v) is 14.7. The molecule has 1 atom stereocenters. The van der Waals surface area contributed by atoms with Crippen molar-refractivity contribution in [2.75, 3.05) is 30.5 Å². The zero-order valence-electron chi connectivity index (χ0n) is 13.9. The predicted molar refractivity (Wildman–Crippen MR) is 93.7 cm³/mol. The van der Waals surface area contributed by atoms with Gasteiger partial charge >= 0.3 is 0 Å². The van der Waals surface area contributed by atoms with Crippen molar-refractivity contribution < 1.29 is 14.3 Å². The van der Waals surface area contributed by atoms with Crippen molar-refractivity contribution in [1.82, 2.24) is 4.98 Å². The average Bonchev–Trinajstić information content (AvgIpc) is 3.19. The van der Waals surface area contributed by atoms with Crippen molar-refractivity contribution in [3.05, 3.63) is 35.3 Å². The normalized spacial score (nSPS) is 17.2. The van der Waals surface area contributed by atoms with Crippen LogP contribution in [0.3, 0.4) is 0 Å². The van der Waals surface area contributed by atoms with E-state index in [1.807, 2.05) is 36.6 Å². The van der Waals surface area contributed by atoms with Gasteiger partial charge in [0.1, 0.15) is 5.75 Å². The molecule has 3 rings (SSSR count). The molecule has 1 aliphatic rings. The Morgan fingerprint density at radius 1 is 1.38 bits per heavy atom. The number of ether oxygens (including phenoxy) is 1. The van der Waals surface area contributed by atoms with Crippen LogP contribution >= 0.6 is 11.3 Å². The molecule has 0 aliphatic carbocycles. The van der Waals surface area contributed by atoms with Crippen LogP contribution in [-0.2, 0) is 9.59 Å². The Kier molecular flexibility index (Phi) is 4.53. The van der Waals surface area contributed by atoms with Crippen molar-refractivity contribution in [2.45, 2.75) is 13.3 Å². The minimum absolute atomic E-state index is 0.0396. The number of aromatic nitrogens is 1. The number of methoxy groups -OCH3 is 1. The summed E-state index contributed by atoms with van der Waals surface area (Å²) in [6.45, 7) is 2.28. The van der Waals surface area contributed by atoms with E-state index in [-0.39, 0.29) is 24.2 Å². The van der Waals surface area contributed by atoms with E-state index in [1.165, 1.54) is 11.3 Å². The number of carbonyl (C=O) groups is 2. The van der Waals surface area contributed by atoms with Gasteiger partial charge in [-0.05, 0) is 31.2 Å². The first-order chi connectivity index (χ1) is 11.5. The van der Waals surface area contributed by atoms with E-state index in [4.69, 9.17) is 4.74 Å². The second-order valence-corrected chi connectivity index (χ2v) is 6.61. The maximum Gasteiger partial charge on any atom is 0.233 e. The van der Waals surface area contributed by atoms with Gasteiger partial charge in [0.25, 0.3) is 0 Å². The van der Waals surface area contributed by atoms with Crippen molar-refractivity contribution in [1.29, 1.82) is 0 Å². The lowest BCUT2D eigenvalue weighted by Gasteiger charge is -2.19. The third-order valence-electron chi connectivity index (χ3n) is 4.08. The number of aryl methyl sites for hydroxylation is 1. The number of amides is 2. The number of carbonyl (C=O) groups excluding carboxylic acids is 2. The Labute approximate surface area is 144 Å². The molecule has 0 saturated carbocycles. The van der Waals surface area contributed by atoms with E-state index < -0.39 is 0 Å². The summed E-state index contributed by atoms with van der Waals surface area (Å²) in [6.07, 6.45) is 0.222. The highest BCUT2D eigenvalue weighted by molar-refractivity contribution is 7.14. The summed E-state index contributed by atoms with van der Waals surface area (Å²) in [5, 5.41) is 2.57. The van der Waals surface area contributed by atoms with E-state index in [9.17, 15) is 9.59 Å². The van der Waals surface area contributed by atoms with Crippen molar-refractivity contribution in [2.24, 2.45) is 5.92 Å². The number of hydrogen-bond acceptors (Lipinski definition) is 5. The summed E-state index contributed by atoms with van der Waals surface area (Å²) >= 11 is 1.43. The van der Waals surface area contributed by atoms with Crippen LogP contribution < -0.4 is 14.5 Å². The standard InChI is InChI=1S/C17H19N3O3S/c1-11-10-24-17(18-11)19(2)16(22)12-8-15(21)20(9-12)13-4-6-14(23-3)7-5-13/h4-7,10,12H,8-9H2,1-3H3/t12-/m0/s1. The molecule has 2 heterocycles. The van der Waals surface area contributed by atoms with Crippen LogP contribution in [0.4, 0.5) is 10.8 Å². The van der Waals surface area contributed by atoms with Gasteiger partial charge in [-0.3, -0.25) is 14.5 Å². The van der Waals surface area contributed by atoms with E-state index in [0.717, 1.165) is 17.1 Å². The SMILES string of the molecule is COc1ccc(N2C[C@@H](C(=O)N(C)c3nc(C)cs3)CC2=O)cc1. The average molecular weight is 345 g/mol. The number of hydrogen-bond donors (Lipinski definition) is 0. The molecule has 24 heavy (non-hydrogen) atoms. The van der Waals surface area contributed by atoms with Crippen LogP contribution in [0.25, 0.3) is 0 Å². The molecule has 126 valence electrons. The van der Waals surface area contributed by atoms with Gasteiger partial charge in [0.15, 0.2) is 5.13 Å². The molecule has 0 unspecified atom stereocenters. The van der Waals surface area contributed by atoms with Crippen LogP contribution in [-0.4, -0.2) is 37.5 Å². The molecule has 7 heteroatoms. The van der Waals surface area contributed by atoms with Crippen LogP contribution in [0.5, 0.6) is 5.75 Å². The lowest BCUT2D eigenvalue weighted by Crippen LogP contribution is -2.34. The number of nitrogens with zero attached hydrogens (tertiary/aromatic N) is 3. The van der Waals surface area contributed by atoms with Gasteiger partial charge in [0, 0.05) is 31.1 Å². The summed E-state index contributed by atoms with van der Waals surface area (Å²) in [6, 6.07) is 7.28. The maximum atomic E-state index is 12.7. The fraction of sp³-hybridized carbons (Fsp3) is 0.353. The summed E-state index contributed by atoms with van der Waals surface area (Å²) in [5.41, 5.74) is 1.67. The Morgan fingerprint density at radius 2 is 2.08 bits per heavy atom. The Hall–Kier alpha value is -2.41. The highest BCUT2D eigenvalue weighted by Crippen LogP contribution is 2.29. The number of thiazole rings is 1. The third-order valence-corrected chi connectivity index (χ3v) is 5.12. The second-order valence-electron chi connectivity index (χ2n) is 5.77. The Bertz CT molecular complexity index is 757. The van der Waals surface area contributed by atoms with Crippen molar-refractivity contribution >= 4 is 34.0 Å². The molecule has 1 saturated heterocycles. The highest BCUT2D eigenvalue weighted by atomic mass is 32.1. The topological polar surface area (TPSA) is 62.7 Å². The zero-order chi connectivity index (χ0) is 17.3.